The first-order valence-corrected chi connectivity index (χ1v) is 9.65. The molecule has 5 heteroatoms. The molecule has 3 rings (SSSR count). The number of rotatable bonds is 6. The van der Waals surface area contributed by atoms with Crippen LogP contribution < -0.4 is 5.32 Å². The molecule has 0 saturated heterocycles. The Hall–Kier alpha value is -3.91. The van der Waals surface area contributed by atoms with Gasteiger partial charge in [-0.3, -0.25) is 9.59 Å². The van der Waals surface area contributed by atoms with Crippen LogP contribution in [0.2, 0.25) is 0 Å². The number of aryl methyl sites for hydroxylation is 1. The minimum atomic E-state index is -0.406. The number of nitrogens with one attached hydrogen (secondary N) is 1. The van der Waals surface area contributed by atoms with Gasteiger partial charge in [-0.05, 0) is 68.3 Å². The molecule has 0 radical (unpaired) electrons. The molecular weight excluding hydrogens is 374 g/mol. The van der Waals surface area contributed by atoms with E-state index in [0.29, 0.717) is 12.1 Å². The van der Waals surface area contributed by atoms with E-state index in [9.17, 15) is 14.9 Å². The zero-order valence-electron chi connectivity index (χ0n) is 17.3. The predicted molar refractivity (Wildman–Crippen MR) is 117 cm³/mol. The molecule has 5 nitrogen and oxygen atoms in total. The number of aromatic nitrogens is 1. The van der Waals surface area contributed by atoms with E-state index in [-0.39, 0.29) is 11.4 Å². The summed E-state index contributed by atoms with van der Waals surface area (Å²) >= 11 is 0. The van der Waals surface area contributed by atoms with E-state index in [1.807, 2.05) is 73.0 Å². The Bertz CT molecular complexity index is 1150. The predicted octanol–water partition coefficient (Wildman–Crippen LogP) is 4.52. The highest BCUT2D eigenvalue weighted by molar-refractivity contribution is 6.01. The van der Waals surface area contributed by atoms with E-state index in [0.717, 1.165) is 28.2 Å². The van der Waals surface area contributed by atoms with E-state index in [4.69, 9.17) is 0 Å². The normalized spacial score (nSPS) is 11.1. The van der Waals surface area contributed by atoms with E-state index < -0.39 is 5.91 Å². The standard InChI is InChI=1S/C25H23N3O2/c1-17-13-22(18(2)28(17)24-11-9-21(10-12-24)19(3)29)14-23(15-26)25(30)27-16-20-7-5-4-6-8-20/h4-14H,16H2,1-3H3,(H,27,30). The molecule has 0 unspecified atom stereocenters. The minimum absolute atomic E-state index is 0.0197. The average molecular weight is 397 g/mol. The second-order valence-electron chi connectivity index (χ2n) is 7.10. The van der Waals surface area contributed by atoms with Crippen LogP contribution in [0, 0.1) is 25.2 Å². The van der Waals surface area contributed by atoms with Crippen LogP contribution in [0.1, 0.15) is 39.8 Å². The monoisotopic (exact) mass is 397 g/mol. The minimum Gasteiger partial charge on any atom is -0.347 e. The van der Waals surface area contributed by atoms with Crippen molar-refractivity contribution in [3.63, 3.8) is 0 Å². The van der Waals surface area contributed by atoms with Crippen LogP contribution >= 0.6 is 0 Å². The maximum atomic E-state index is 12.5. The first-order valence-electron chi connectivity index (χ1n) is 9.65. The summed E-state index contributed by atoms with van der Waals surface area (Å²) in [5.41, 5.74) is 5.27. The first-order chi connectivity index (χ1) is 14.4. The maximum Gasteiger partial charge on any atom is 0.262 e. The van der Waals surface area contributed by atoms with Crippen molar-refractivity contribution in [3.8, 4) is 11.8 Å². The number of nitrogens with zero attached hydrogens (tertiary/aromatic N) is 2. The molecule has 0 saturated carbocycles. The van der Waals surface area contributed by atoms with Gasteiger partial charge in [-0.25, -0.2) is 0 Å². The zero-order valence-corrected chi connectivity index (χ0v) is 17.3. The molecule has 0 atom stereocenters. The molecule has 1 heterocycles. The number of carbonyl (C=O) groups is 2. The summed E-state index contributed by atoms with van der Waals surface area (Å²) in [4.78, 5) is 24.0. The first kappa shape index (κ1) is 20.8. The number of hydrogen-bond acceptors (Lipinski definition) is 3. The van der Waals surface area contributed by atoms with Crippen LogP contribution in [-0.2, 0) is 11.3 Å². The van der Waals surface area contributed by atoms with Crippen molar-refractivity contribution in [1.82, 2.24) is 9.88 Å². The van der Waals surface area contributed by atoms with Gasteiger partial charge in [0.1, 0.15) is 11.6 Å². The number of amides is 1. The largest absolute Gasteiger partial charge is 0.347 e. The molecule has 0 aliphatic heterocycles. The number of carbonyl (C=O) groups excluding carboxylic acids is 2. The SMILES string of the molecule is CC(=O)c1ccc(-n2c(C)cc(C=C(C#N)C(=O)NCc3ccccc3)c2C)cc1. The van der Waals surface area contributed by atoms with E-state index in [2.05, 4.69) is 5.32 Å². The number of nitriles is 1. The van der Waals surface area contributed by atoms with Crippen LogP contribution in [-0.4, -0.2) is 16.3 Å². The molecule has 3 aromatic rings. The van der Waals surface area contributed by atoms with Crippen LogP contribution in [0.15, 0.2) is 66.2 Å². The van der Waals surface area contributed by atoms with Crippen molar-refractivity contribution in [1.29, 1.82) is 5.26 Å². The smallest absolute Gasteiger partial charge is 0.262 e. The highest BCUT2D eigenvalue weighted by atomic mass is 16.1. The van der Waals surface area contributed by atoms with Crippen LogP contribution in [0.4, 0.5) is 0 Å². The Kier molecular flexibility index (Phi) is 6.29. The summed E-state index contributed by atoms with van der Waals surface area (Å²) in [6.45, 7) is 5.80. The number of benzene rings is 2. The molecule has 0 spiro atoms. The van der Waals surface area contributed by atoms with Crippen molar-refractivity contribution in [2.75, 3.05) is 0 Å². The third-order valence-corrected chi connectivity index (χ3v) is 4.96. The lowest BCUT2D eigenvalue weighted by Gasteiger charge is -2.10. The Morgan fingerprint density at radius 1 is 1.07 bits per heavy atom. The molecule has 2 aromatic carbocycles. The summed E-state index contributed by atoms with van der Waals surface area (Å²) in [7, 11) is 0. The third-order valence-electron chi connectivity index (χ3n) is 4.96. The van der Waals surface area contributed by atoms with Gasteiger partial charge in [-0.15, -0.1) is 0 Å². The Labute approximate surface area is 176 Å². The van der Waals surface area contributed by atoms with Gasteiger partial charge in [0.15, 0.2) is 5.78 Å². The van der Waals surface area contributed by atoms with Gasteiger partial charge in [-0.2, -0.15) is 5.26 Å². The molecule has 0 aliphatic carbocycles. The van der Waals surface area contributed by atoms with Crippen LogP contribution in [0.3, 0.4) is 0 Å². The van der Waals surface area contributed by atoms with Crippen molar-refractivity contribution in [2.45, 2.75) is 27.3 Å². The lowest BCUT2D eigenvalue weighted by atomic mass is 10.1. The van der Waals surface area contributed by atoms with Crippen LogP contribution in [0.5, 0.6) is 0 Å². The Morgan fingerprint density at radius 2 is 1.73 bits per heavy atom. The molecular formula is C25H23N3O2. The Morgan fingerprint density at radius 3 is 2.33 bits per heavy atom. The van der Waals surface area contributed by atoms with Gasteiger partial charge >= 0.3 is 0 Å². The summed E-state index contributed by atoms with van der Waals surface area (Å²) in [5, 5.41) is 12.3. The third kappa shape index (κ3) is 4.56. The topological polar surface area (TPSA) is 74.9 Å². The van der Waals surface area contributed by atoms with Crippen LogP contribution in [0.25, 0.3) is 11.8 Å². The quantitative estimate of drug-likeness (QED) is 0.377. The van der Waals surface area contributed by atoms with E-state index >= 15 is 0 Å². The van der Waals surface area contributed by atoms with E-state index in [1.165, 1.54) is 6.92 Å². The molecule has 1 N–H and O–H groups in total. The van der Waals surface area contributed by atoms with Gasteiger partial charge in [0.2, 0.25) is 0 Å². The lowest BCUT2D eigenvalue weighted by Crippen LogP contribution is -2.23. The molecule has 30 heavy (non-hydrogen) atoms. The summed E-state index contributed by atoms with van der Waals surface area (Å²) in [6, 6.07) is 20.9. The number of Topliss-reactive ketones (excluding diaryl/α,β-unsaturated/α-hetero) is 1. The average Bonchev–Trinajstić information content (AvgIpc) is 3.03. The van der Waals surface area contributed by atoms with Crippen molar-refractivity contribution < 1.29 is 9.59 Å². The highest BCUT2D eigenvalue weighted by Crippen LogP contribution is 2.23. The van der Waals surface area contributed by atoms with Gasteiger partial charge in [0, 0.05) is 29.2 Å². The fraction of sp³-hybridized carbons (Fsp3) is 0.160. The second kappa shape index (κ2) is 9.06. The number of ketones is 1. The molecule has 1 amide bonds. The van der Waals surface area contributed by atoms with Gasteiger partial charge in [-0.1, -0.05) is 30.3 Å². The molecule has 0 fully saturated rings. The Balaban J connectivity index is 1.85. The maximum absolute atomic E-state index is 12.5. The number of hydrogen-bond donors (Lipinski definition) is 1. The molecule has 0 aliphatic rings. The van der Waals surface area contributed by atoms with Crippen molar-refractivity contribution in [2.24, 2.45) is 0 Å². The molecule has 150 valence electrons. The van der Waals surface area contributed by atoms with Gasteiger partial charge < -0.3 is 9.88 Å². The fourth-order valence-corrected chi connectivity index (χ4v) is 3.35. The second-order valence-corrected chi connectivity index (χ2v) is 7.10. The van der Waals surface area contributed by atoms with E-state index in [1.54, 1.807) is 18.2 Å². The zero-order chi connectivity index (χ0) is 21.7. The summed E-state index contributed by atoms with van der Waals surface area (Å²) in [6.07, 6.45) is 1.61. The summed E-state index contributed by atoms with van der Waals surface area (Å²) in [5.74, 6) is -0.386. The fourth-order valence-electron chi connectivity index (χ4n) is 3.35. The van der Waals surface area contributed by atoms with Crippen molar-refractivity contribution in [3.05, 3.63) is 94.3 Å². The lowest BCUT2D eigenvalue weighted by molar-refractivity contribution is -0.117. The summed E-state index contributed by atoms with van der Waals surface area (Å²) < 4.78 is 2.03. The molecule has 1 aromatic heterocycles. The van der Waals surface area contributed by atoms with Gasteiger partial charge in [0.05, 0.1) is 0 Å². The van der Waals surface area contributed by atoms with Gasteiger partial charge in [0.25, 0.3) is 5.91 Å². The molecule has 0 bridgehead atoms. The highest BCUT2D eigenvalue weighted by Gasteiger charge is 2.14. The van der Waals surface area contributed by atoms with Crippen molar-refractivity contribution >= 4 is 17.8 Å².